The molecule has 2 aromatic rings. The van der Waals surface area contributed by atoms with Gasteiger partial charge in [0, 0.05) is 0 Å². The molecule has 0 bridgehead atoms. The molecule has 0 unspecified atom stereocenters. The Balaban J connectivity index is 1.72. The molecule has 112 valence electrons. The second kappa shape index (κ2) is 5.95. The van der Waals surface area contributed by atoms with Crippen molar-refractivity contribution in [2.75, 3.05) is 12.2 Å². The lowest BCUT2D eigenvalue weighted by molar-refractivity contribution is 0.0697. The number of carboxylic acids is 1. The van der Waals surface area contributed by atoms with Crippen molar-refractivity contribution >= 4 is 29.5 Å². The number of nitrogens with one attached hydrogen (secondary N) is 1. The molecule has 0 amide bonds. The average Bonchev–Trinajstić information content (AvgIpc) is 2.96. The lowest BCUT2D eigenvalue weighted by Crippen LogP contribution is -1.99. The minimum absolute atomic E-state index is 0.0185. The van der Waals surface area contributed by atoms with E-state index in [9.17, 15) is 4.79 Å². The summed E-state index contributed by atoms with van der Waals surface area (Å²) in [5.74, 6) is 0.283. The van der Waals surface area contributed by atoms with E-state index >= 15 is 0 Å². The van der Waals surface area contributed by atoms with Crippen molar-refractivity contribution in [1.29, 1.82) is 0 Å². The number of benzene rings is 2. The van der Waals surface area contributed by atoms with Gasteiger partial charge in [-0.1, -0.05) is 11.6 Å². The molecule has 3 rings (SSSR count). The highest BCUT2D eigenvalue weighted by Crippen LogP contribution is 2.32. The number of hydrogen-bond donors (Lipinski definition) is 2. The third-order valence-electron chi connectivity index (χ3n) is 3.00. The summed E-state index contributed by atoms with van der Waals surface area (Å²) < 4.78 is 10.5. The van der Waals surface area contributed by atoms with Crippen LogP contribution in [0, 0.1) is 0 Å². The molecule has 1 heterocycles. The number of carboxylic acid groups (broad SMARTS) is 1. The first kappa shape index (κ1) is 14.2. The molecule has 7 heteroatoms. The monoisotopic (exact) mass is 318 g/mol. The van der Waals surface area contributed by atoms with Crippen molar-refractivity contribution < 1.29 is 19.4 Å². The number of ether oxygens (including phenoxy) is 2. The van der Waals surface area contributed by atoms with Crippen LogP contribution in [-0.2, 0) is 0 Å². The lowest BCUT2D eigenvalue weighted by atomic mass is 10.2. The van der Waals surface area contributed by atoms with Gasteiger partial charge >= 0.3 is 5.97 Å². The fourth-order valence-electron chi connectivity index (χ4n) is 1.93. The highest BCUT2D eigenvalue weighted by atomic mass is 35.5. The first-order valence-electron chi connectivity index (χ1n) is 6.35. The summed E-state index contributed by atoms with van der Waals surface area (Å²) in [6.45, 7) is 0.219. The molecule has 0 saturated heterocycles. The molecule has 0 aliphatic carbocycles. The summed E-state index contributed by atoms with van der Waals surface area (Å²) in [6.07, 6.45) is 1.59. The number of nitrogens with zero attached hydrogens (tertiary/aromatic N) is 1. The molecule has 2 N–H and O–H groups in total. The van der Waals surface area contributed by atoms with Crippen LogP contribution < -0.4 is 14.9 Å². The predicted molar refractivity (Wildman–Crippen MR) is 82.2 cm³/mol. The van der Waals surface area contributed by atoms with E-state index in [1.54, 1.807) is 24.4 Å². The van der Waals surface area contributed by atoms with E-state index in [1.807, 2.05) is 6.07 Å². The summed E-state index contributed by atoms with van der Waals surface area (Å²) in [5, 5.41) is 13.2. The van der Waals surface area contributed by atoms with Gasteiger partial charge in [-0.05, 0) is 42.0 Å². The molecule has 2 aromatic carbocycles. The van der Waals surface area contributed by atoms with E-state index in [-0.39, 0.29) is 17.4 Å². The second-order valence-corrected chi connectivity index (χ2v) is 4.89. The number of fused-ring (bicyclic) bond motifs is 1. The van der Waals surface area contributed by atoms with Gasteiger partial charge in [0.1, 0.15) is 0 Å². The van der Waals surface area contributed by atoms with Crippen LogP contribution >= 0.6 is 11.6 Å². The fraction of sp³-hybridized carbons (Fsp3) is 0.0667. The minimum atomic E-state index is -1.09. The Morgan fingerprint density at radius 1 is 1.23 bits per heavy atom. The van der Waals surface area contributed by atoms with Crippen molar-refractivity contribution in [1.82, 2.24) is 0 Å². The Hall–Kier alpha value is -2.73. The molecule has 0 spiro atoms. The van der Waals surface area contributed by atoms with Crippen molar-refractivity contribution in [3.8, 4) is 11.5 Å². The zero-order valence-electron chi connectivity index (χ0n) is 11.2. The maximum atomic E-state index is 11.0. The third-order valence-corrected chi connectivity index (χ3v) is 3.33. The molecule has 0 radical (unpaired) electrons. The number of carbonyl (C=O) groups is 1. The molecule has 6 nitrogen and oxygen atoms in total. The Labute approximate surface area is 130 Å². The van der Waals surface area contributed by atoms with Gasteiger partial charge in [-0.15, -0.1) is 0 Å². The summed E-state index contributed by atoms with van der Waals surface area (Å²) in [5.41, 5.74) is 4.13. The van der Waals surface area contributed by atoms with Gasteiger partial charge in [-0.2, -0.15) is 5.10 Å². The van der Waals surface area contributed by atoms with E-state index in [2.05, 4.69) is 10.5 Å². The van der Waals surface area contributed by atoms with Gasteiger partial charge < -0.3 is 14.6 Å². The van der Waals surface area contributed by atoms with Crippen LogP contribution in [0.4, 0.5) is 5.69 Å². The first-order chi connectivity index (χ1) is 10.6. The van der Waals surface area contributed by atoms with E-state index in [4.69, 9.17) is 26.2 Å². The fourth-order valence-corrected chi connectivity index (χ4v) is 2.13. The minimum Gasteiger partial charge on any atom is -0.478 e. The number of rotatable bonds is 4. The molecule has 0 saturated carbocycles. The Kier molecular flexibility index (Phi) is 3.84. The maximum absolute atomic E-state index is 11.0. The molecular formula is C15H11ClN2O4. The van der Waals surface area contributed by atoms with Crippen molar-refractivity contribution in [2.24, 2.45) is 5.10 Å². The van der Waals surface area contributed by atoms with Gasteiger partial charge in [0.05, 0.1) is 22.5 Å². The number of aromatic carboxylic acids is 1. The van der Waals surface area contributed by atoms with Gasteiger partial charge in [0.2, 0.25) is 6.79 Å². The van der Waals surface area contributed by atoms with E-state index in [0.29, 0.717) is 17.2 Å². The zero-order valence-corrected chi connectivity index (χ0v) is 12.0. The Morgan fingerprint density at radius 3 is 2.86 bits per heavy atom. The molecule has 1 aliphatic rings. The largest absolute Gasteiger partial charge is 0.478 e. The number of halogens is 1. The molecular weight excluding hydrogens is 308 g/mol. The van der Waals surface area contributed by atoms with Crippen LogP contribution in [0.5, 0.6) is 11.5 Å². The highest BCUT2D eigenvalue weighted by molar-refractivity contribution is 6.33. The molecule has 0 atom stereocenters. The molecule has 1 aliphatic heterocycles. The van der Waals surface area contributed by atoms with Gasteiger partial charge in [0.25, 0.3) is 0 Å². The summed E-state index contributed by atoms with van der Waals surface area (Å²) in [6, 6.07) is 10.0. The topological polar surface area (TPSA) is 80.2 Å². The van der Waals surface area contributed by atoms with E-state index < -0.39 is 5.97 Å². The maximum Gasteiger partial charge on any atom is 0.337 e. The summed E-state index contributed by atoms with van der Waals surface area (Å²) in [4.78, 5) is 11.0. The number of anilines is 1. The second-order valence-electron chi connectivity index (χ2n) is 4.48. The van der Waals surface area contributed by atoms with Crippen molar-refractivity contribution in [2.45, 2.75) is 0 Å². The molecule has 0 fully saturated rings. The van der Waals surface area contributed by atoms with Crippen LogP contribution in [0.25, 0.3) is 0 Å². The predicted octanol–water partition coefficient (Wildman–Crippen LogP) is 3.21. The van der Waals surface area contributed by atoms with Crippen LogP contribution in [0.15, 0.2) is 41.5 Å². The lowest BCUT2D eigenvalue weighted by Gasteiger charge is -2.03. The average molecular weight is 319 g/mol. The van der Waals surface area contributed by atoms with Crippen LogP contribution in [-0.4, -0.2) is 24.1 Å². The van der Waals surface area contributed by atoms with Crippen LogP contribution in [0.3, 0.4) is 0 Å². The van der Waals surface area contributed by atoms with E-state index in [0.717, 1.165) is 5.56 Å². The van der Waals surface area contributed by atoms with Gasteiger partial charge in [-0.3, -0.25) is 5.43 Å². The SMILES string of the molecule is O=C(O)c1cc(NN=Cc2ccc3c(c2)OCO3)ccc1Cl. The summed E-state index contributed by atoms with van der Waals surface area (Å²) in [7, 11) is 0. The Bertz CT molecular complexity index is 761. The molecule has 0 aromatic heterocycles. The van der Waals surface area contributed by atoms with Gasteiger partial charge in [-0.25, -0.2) is 4.79 Å². The van der Waals surface area contributed by atoms with Crippen molar-refractivity contribution in [3.05, 3.63) is 52.5 Å². The number of hydrogen-bond acceptors (Lipinski definition) is 5. The van der Waals surface area contributed by atoms with Crippen LogP contribution in [0.1, 0.15) is 15.9 Å². The normalized spacial score (nSPS) is 12.6. The first-order valence-corrected chi connectivity index (χ1v) is 6.73. The van der Waals surface area contributed by atoms with Gasteiger partial charge in [0.15, 0.2) is 11.5 Å². The smallest absolute Gasteiger partial charge is 0.337 e. The quantitative estimate of drug-likeness (QED) is 0.668. The van der Waals surface area contributed by atoms with Crippen LogP contribution in [0.2, 0.25) is 5.02 Å². The van der Waals surface area contributed by atoms with Crippen molar-refractivity contribution in [3.63, 3.8) is 0 Å². The highest BCUT2D eigenvalue weighted by Gasteiger charge is 2.12. The molecule has 22 heavy (non-hydrogen) atoms. The number of hydrazone groups is 1. The van der Waals surface area contributed by atoms with E-state index in [1.165, 1.54) is 12.1 Å². The zero-order chi connectivity index (χ0) is 15.5. The summed E-state index contributed by atoms with van der Waals surface area (Å²) >= 11 is 5.80. The Morgan fingerprint density at radius 2 is 2.05 bits per heavy atom. The standard InChI is InChI=1S/C15H11ClN2O4/c16-12-3-2-10(6-11(12)15(19)20)18-17-7-9-1-4-13-14(5-9)22-8-21-13/h1-7,18H,8H2,(H,19,20). The third kappa shape index (κ3) is 2.96.